The standard InChI is InChI=1S/C9H16BrNO/c10-2-1-7-3-8-5-12-6-9(4-7)11-8/h7-9,11H,1-6H2. The number of morpholine rings is 1. The highest BCUT2D eigenvalue weighted by molar-refractivity contribution is 9.09. The summed E-state index contributed by atoms with van der Waals surface area (Å²) in [6.45, 7) is 1.85. The molecule has 0 amide bonds. The van der Waals surface area contributed by atoms with Crippen molar-refractivity contribution in [2.75, 3.05) is 18.5 Å². The van der Waals surface area contributed by atoms with Crippen molar-refractivity contribution in [3.63, 3.8) is 0 Å². The monoisotopic (exact) mass is 233 g/mol. The van der Waals surface area contributed by atoms with E-state index in [0.717, 1.165) is 24.5 Å². The molecular weight excluding hydrogens is 218 g/mol. The van der Waals surface area contributed by atoms with Crippen LogP contribution in [0.2, 0.25) is 0 Å². The van der Waals surface area contributed by atoms with Gasteiger partial charge in [0.1, 0.15) is 0 Å². The van der Waals surface area contributed by atoms with E-state index < -0.39 is 0 Å². The summed E-state index contributed by atoms with van der Waals surface area (Å²) in [6.07, 6.45) is 3.94. The van der Waals surface area contributed by atoms with Gasteiger partial charge in [0.2, 0.25) is 0 Å². The molecule has 2 saturated heterocycles. The van der Waals surface area contributed by atoms with E-state index in [0.29, 0.717) is 12.1 Å². The van der Waals surface area contributed by atoms with Gasteiger partial charge in [0.15, 0.2) is 0 Å². The molecule has 0 aromatic heterocycles. The van der Waals surface area contributed by atoms with Crippen molar-refractivity contribution in [1.29, 1.82) is 0 Å². The molecule has 70 valence electrons. The Morgan fingerprint density at radius 3 is 2.50 bits per heavy atom. The Morgan fingerprint density at radius 1 is 1.25 bits per heavy atom. The van der Waals surface area contributed by atoms with Gasteiger partial charge in [-0.1, -0.05) is 15.9 Å². The van der Waals surface area contributed by atoms with Crippen molar-refractivity contribution in [1.82, 2.24) is 5.32 Å². The number of ether oxygens (including phenoxy) is 1. The molecule has 2 heterocycles. The van der Waals surface area contributed by atoms with Crippen LogP contribution in [0.1, 0.15) is 19.3 Å². The third-order valence-corrected chi connectivity index (χ3v) is 3.32. The molecule has 0 saturated carbocycles. The Hall–Kier alpha value is 0.400. The fraction of sp³-hybridized carbons (Fsp3) is 1.00. The molecule has 0 aromatic carbocycles. The number of rotatable bonds is 2. The van der Waals surface area contributed by atoms with Crippen LogP contribution in [-0.4, -0.2) is 30.6 Å². The Labute approximate surface area is 82.2 Å². The van der Waals surface area contributed by atoms with Crippen LogP contribution < -0.4 is 5.32 Å². The lowest BCUT2D eigenvalue weighted by molar-refractivity contribution is 0.00778. The highest BCUT2D eigenvalue weighted by Gasteiger charge is 2.31. The van der Waals surface area contributed by atoms with Gasteiger partial charge < -0.3 is 10.1 Å². The molecule has 0 aliphatic carbocycles. The zero-order valence-electron chi connectivity index (χ0n) is 7.26. The average molecular weight is 234 g/mol. The third-order valence-electron chi connectivity index (χ3n) is 2.86. The minimum atomic E-state index is 0.640. The maximum atomic E-state index is 5.49. The molecule has 2 rings (SSSR count). The summed E-state index contributed by atoms with van der Waals surface area (Å²) in [7, 11) is 0. The third kappa shape index (κ3) is 2.01. The zero-order chi connectivity index (χ0) is 8.39. The van der Waals surface area contributed by atoms with Gasteiger partial charge in [-0.05, 0) is 25.2 Å². The molecule has 0 radical (unpaired) electrons. The normalized spacial score (nSPS) is 41.2. The van der Waals surface area contributed by atoms with E-state index >= 15 is 0 Å². The second-order valence-electron chi connectivity index (χ2n) is 3.91. The molecule has 2 nitrogen and oxygen atoms in total. The Kier molecular flexibility index (Phi) is 3.05. The Morgan fingerprint density at radius 2 is 1.92 bits per heavy atom. The first-order valence-electron chi connectivity index (χ1n) is 4.78. The minimum absolute atomic E-state index is 0.640. The second kappa shape index (κ2) is 4.07. The molecule has 12 heavy (non-hydrogen) atoms. The summed E-state index contributed by atoms with van der Waals surface area (Å²) in [5, 5.41) is 4.75. The molecule has 2 unspecified atom stereocenters. The number of fused-ring (bicyclic) bond motifs is 2. The van der Waals surface area contributed by atoms with Crippen LogP contribution in [0, 0.1) is 5.92 Å². The number of halogens is 1. The average Bonchev–Trinajstić information content (AvgIpc) is 2.04. The summed E-state index contributed by atoms with van der Waals surface area (Å²) in [6, 6.07) is 1.28. The SMILES string of the molecule is BrCCC1CC2COCC(C1)N2. The van der Waals surface area contributed by atoms with E-state index in [1.54, 1.807) is 0 Å². The van der Waals surface area contributed by atoms with Gasteiger partial charge in [-0.2, -0.15) is 0 Å². The van der Waals surface area contributed by atoms with Crippen molar-refractivity contribution < 1.29 is 4.74 Å². The van der Waals surface area contributed by atoms with Crippen molar-refractivity contribution in [2.24, 2.45) is 5.92 Å². The van der Waals surface area contributed by atoms with Crippen LogP contribution in [0.25, 0.3) is 0 Å². The van der Waals surface area contributed by atoms with E-state index in [-0.39, 0.29) is 0 Å². The summed E-state index contributed by atoms with van der Waals surface area (Å²) in [5.41, 5.74) is 0. The van der Waals surface area contributed by atoms with Crippen LogP contribution in [0.15, 0.2) is 0 Å². The van der Waals surface area contributed by atoms with Crippen LogP contribution in [0.3, 0.4) is 0 Å². The van der Waals surface area contributed by atoms with Gasteiger partial charge in [-0.25, -0.2) is 0 Å². The van der Waals surface area contributed by atoms with Gasteiger partial charge in [0.25, 0.3) is 0 Å². The van der Waals surface area contributed by atoms with E-state index in [9.17, 15) is 0 Å². The topological polar surface area (TPSA) is 21.3 Å². The number of piperidine rings is 1. The molecular formula is C9H16BrNO. The number of alkyl halides is 1. The zero-order valence-corrected chi connectivity index (χ0v) is 8.85. The van der Waals surface area contributed by atoms with Crippen LogP contribution in [-0.2, 0) is 4.74 Å². The van der Waals surface area contributed by atoms with Crippen LogP contribution in [0.5, 0.6) is 0 Å². The van der Waals surface area contributed by atoms with E-state index in [4.69, 9.17) is 4.74 Å². The molecule has 2 atom stereocenters. The van der Waals surface area contributed by atoms with Crippen molar-refractivity contribution in [2.45, 2.75) is 31.3 Å². The Bertz CT molecular complexity index is 141. The van der Waals surface area contributed by atoms with Crippen LogP contribution >= 0.6 is 15.9 Å². The summed E-state index contributed by atoms with van der Waals surface area (Å²) >= 11 is 3.51. The fourth-order valence-corrected chi connectivity index (χ4v) is 2.99. The quantitative estimate of drug-likeness (QED) is 0.732. The lowest BCUT2D eigenvalue weighted by Crippen LogP contribution is -2.54. The molecule has 0 aromatic rings. The first kappa shape index (κ1) is 8.97. The fourth-order valence-electron chi connectivity index (χ4n) is 2.35. The molecule has 2 aliphatic heterocycles. The summed E-state index contributed by atoms with van der Waals surface area (Å²) < 4.78 is 5.49. The van der Waals surface area contributed by atoms with Gasteiger partial charge >= 0.3 is 0 Å². The van der Waals surface area contributed by atoms with E-state index in [1.807, 2.05) is 0 Å². The first-order chi connectivity index (χ1) is 5.88. The van der Waals surface area contributed by atoms with Gasteiger partial charge in [-0.3, -0.25) is 0 Å². The first-order valence-corrected chi connectivity index (χ1v) is 5.90. The Balaban J connectivity index is 1.87. The minimum Gasteiger partial charge on any atom is -0.378 e. The van der Waals surface area contributed by atoms with Crippen molar-refractivity contribution in [3.05, 3.63) is 0 Å². The molecule has 2 aliphatic rings. The maximum Gasteiger partial charge on any atom is 0.0620 e. The van der Waals surface area contributed by atoms with Crippen molar-refractivity contribution in [3.8, 4) is 0 Å². The largest absolute Gasteiger partial charge is 0.378 e. The van der Waals surface area contributed by atoms with Crippen LogP contribution in [0.4, 0.5) is 0 Å². The summed E-state index contributed by atoms with van der Waals surface area (Å²) in [5.74, 6) is 0.921. The molecule has 2 bridgehead atoms. The predicted molar refractivity (Wildman–Crippen MR) is 52.7 cm³/mol. The summed E-state index contributed by atoms with van der Waals surface area (Å²) in [4.78, 5) is 0. The lowest BCUT2D eigenvalue weighted by atomic mass is 9.85. The lowest BCUT2D eigenvalue weighted by Gasteiger charge is -2.40. The van der Waals surface area contributed by atoms with Gasteiger partial charge in [0.05, 0.1) is 13.2 Å². The smallest absolute Gasteiger partial charge is 0.0620 e. The number of hydrogen-bond donors (Lipinski definition) is 1. The molecule has 2 fully saturated rings. The maximum absolute atomic E-state index is 5.49. The highest BCUT2D eigenvalue weighted by atomic mass is 79.9. The van der Waals surface area contributed by atoms with Gasteiger partial charge in [-0.15, -0.1) is 0 Å². The second-order valence-corrected chi connectivity index (χ2v) is 4.71. The highest BCUT2D eigenvalue weighted by Crippen LogP contribution is 2.26. The molecule has 3 heteroatoms. The number of nitrogens with one attached hydrogen (secondary N) is 1. The predicted octanol–water partition coefficient (Wildman–Crippen LogP) is 1.54. The molecule has 0 spiro atoms. The van der Waals surface area contributed by atoms with Crippen molar-refractivity contribution >= 4 is 15.9 Å². The number of hydrogen-bond acceptors (Lipinski definition) is 2. The molecule has 1 N–H and O–H groups in total. The van der Waals surface area contributed by atoms with E-state index in [2.05, 4.69) is 21.2 Å². The van der Waals surface area contributed by atoms with E-state index in [1.165, 1.54) is 19.3 Å². The van der Waals surface area contributed by atoms with Gasteiger partial charge in [0, 0.05) is 17.4 Å².